The van der Waals surface area contributed by atoms with Crippen molar-refractivity contribution in [2.45, 2.75) is 10.3 Å². The van der Waals surface area contributed by atoms with Gasteiger partial charge < -0.3 is 14.9 Å². The number of carbonyl (C=O) groups is 2. The number of aliphatic hydroxyl groups is 1. The first-order valence-corrected chi connectivity index (χ1v) is 7.16. The zero-order chi connectivity index (χ0) is 14.6. The molecule has 0 aliphatic rings. The van der Waals surface area contributed by atoms with Crippen LogP contribution in [0.1, 0.15) is 9.67 Å². The molecule has 0 amide bonds. The maximum atomic E-state index is 11.8. The number of sulfonamides is 1. The molecule has 1 unspecified atom stereocenters. The maximum Gasteiger partial charge on any atom is 0.345 e. The van der Waals surface area contributed by atoms with Gasteiger partial charge in [0.15, 0.2) is 0 Å². The second kappa shape index (κ2) is 6.10. The summed E-state index contributed by atoms with van der Waals surface area (Å²) in [5, 5.41) is 17.6. The highest BCUT2D eigenvalue weighted by Crippen LogP contribution is 2.21. The third kappa shape index (κ3) is 3.73. The van der Waals surface area contributed by atoms with Crippen molar-refractivity contribution >= 4 is 33.3 Å². The van der Waals surface area contributed by atoms with E-state index in [-0.39, 0.29) is 9.09 Å². The summed E-state index contributed by atoms with van der Waals surface area (Å²) in [5.41, 5.74) is 0. The van der Waals surface area contributed by atoms with Gasteiger partial charge >= 0.3 is 11.9 Å². The van der Waals surface area contributed by atoms with Crippen LogP contribution in [0.15, 0.2) is 16.3 Å². The van der Waals surface area contributed by atoms with Crippen LogP contribution >= 0.6 is 11.3 Å². The summed E-state index contributed by atoms with van der Waals surface area (Å²) in [4.78, 5) is 21.7. The quantitative estimate of drug-likeness (QED) is 0.590. The molecule has 0 aliphatic carbocycles. The van der Waals surface area contributed by atoms with Crippen molar-refractivity contribution < 1.29 is 33.0 Å². The number of ether oxygens (including phenoxy) is 1. The van der Waals surface area contributed by atoms with Gasteiger partial charge in [-0.3, -0.25) is 4.79 Å². The van der Waals surface area contributed by atoms with E-state index in [2.05, 4.69) is 4.74 Å². The molecule has 1 aromatic heterocycles. The number of hydrogen-bond acceptors (Lipinski definition) is 7. The molecule has 10 heteroatoms. The number of methoxy groups -OCH3 is 1. The SMILES string of the molecule is COC(=O)C(CO)NS(=O)(=O)c1ccc(C(=O)O)s1. The maximum absolute atomic E-state index is 11.8. The lowest BCUT2D eigenvalue weighted by molar-refractivity contribution is -0.143. The number of aromatic carboxylic acids is 1. The van der Waals surface area contributed by atoms with Crippen molar-refractivity contribution in [2.24, 2.45) is 0 Å². The Morgan fingerprint density at radius 2 is 2.11 bits per heavy atom. The van der Waals surface area contributed by atoms with Crippen molar-refractivity contribution in [3.05, 3.63) is 17.0 Å². The Morgan fingerprint density at radius 3 is 2.53 bits per heavy atom. The van der Waals surface area contributed by atoms with Crippen molar-refractivity contribution in [1.82, 2.24) is 4.72 Å². The minimum atomic E-state index is -4.10. The van der Waals surface area contributed by atoms with Gasteiger partial charge in [-0.2, -0.15) is 4.72 Å². The number of carboxylic acid groups (broad SMARTS) is 1. The Kier molecular flexibility index (Phi) is 5.00. The van der Waals surface area contributed by atoms with Crippen LogP contribution in [-0.4, -0.2) is 50.3 Å². The van der Waals surface area contributed by atoms with Crippen LogP contribution in [0.3, 0.4) is 0 Å². The highest BCUT2D eigenvalue weighted by Gasteiger charge is 2.27. The number of carbonyl (C=O) groups excluding carboxylic acids is 1. The molecule has 0 spiro atoms. The predicted octanol–water partition coefficient (Wildman–Crippen LogP) is -0.742. The molecule has 0 saturated heterocycles. The number of thiophene rings is 1. The van der Waals surface area contributed by atoms with Crippen LogP contribution < -0.4 is 4.72 Å². The van der Waals surface area contributed by atoms with Crippen LogP contribution in [0.4, 0.5) is 0 Å². The molecule has 3 N–H and O–H groups in total. The number of rotatable bonds is 6. The molecular formula is C9H11NO7S2. The molecule has 0 aliphatic heterocycles. The third-order valence-electron chi connectivity index (χ3n) is 2.02. The van der Waals surface area contributed by atoms with Gasteiger partial charge in [-0.05, 0) is 12.1 Å². The minimum Gasteiger partial charge on any atom is -0.477 e. The molecule has 0 fully saturated rings. The standard InChI is InChI=1S/C9H11NO7S2/c1-17-9(14)5(4-11)10-19(15,16)7-3-2-6(18-7)8(12)13/h2-3,5,10-11H,4H2,1H3,(H,12,13). The number of hydrogen-bond donors (Lipinski definition) is 3. The van der Waals surface area contributed by atoms with E-state index in [1.807, 2.05) is 4.72 Å². The fourth-order valence-electron chi connectivity index (χ4n) is 1.13. The second-order valence-corrected chi connectivity index (χ2v) is 6.33. The molecule has 1 atom stereocenters. The molecule has 1 heterocycles. The van der Waals surface area contributed by atoms with Gasteiger partial charge in [0.2, 0.25) is 0 Å². The normalized spacial score (nSPS) is 12.9. The van der Waals surface area contributed by atoms with Gasteiger partial charge in [0.25, 0.3) is 10.0 Å². The van der Waals surface area contributed by atoms with Crippen molar-refractivity contribution in [3.8, 4) is 0 Å². The highest BCUT2D eigenvalue weighted by molar-refractivity contribution is 7.91. The van der Waals surface area contributed by atoms with Gasteiger partial charge in [-0.1, -0.05) is 0 Å². The predicted molar refractivity (Wildman–Crippen MR) is 64.5 cm³/mol. The van der Waals surface area contributed by atoms with E-state index in [1.165, 1.54) is 0 Å². The van der Waals surface area contributed by atoms with Gasteiger partial charge in [0.05, 0.1) is 13.7 Å². The van der Waals surface area contributed by atoms with Gasteiger partial charge in [-0.15, -0.1) is 11.3 Å². The van der Waals surface area contributed by atoms with E-state index in [9.17, 15) is 18.0 Å². The van der Waals surface area contributed by atoms with E-state index >= 15 is 0 Å². The lowest BCUT2D eigenvalue weighted by Crippen LogP contribution is -2.43. The number of carboxylic acids is 1. The molecular weight excluding hydrogens is 298 g/mol. The first kappa shape index (κ1) is 15.6. The average Bonchev–Trinajstić information content (AvgIpc) is 2.85. The van der Waals surface area contributed by atoms with E-state index < -0.39 is 34.6 Å². The highest BCUT2D eigenvalue weighted by atomic mass is 32.2. The lowest BCUT2D eigenvalue weighted by atomic mass is 10.3. The summed E-state index contributed by atoms with van der Waals surface area (Å²) in [6.07, 6.45) is 0. The fourth-order valence-corrected chi connectivity index (χ4v) is 3.46. The van der Waals surface area contributed by atoms with Gasteiger partial charge in [0, 0.05) is 0 Å². The molecule has 0 aromatic carbocycles. The summed E-state index contributed by atoms with van der Waals surface area (Å²) in [7, 11) is -3.05. The van der Waals surface area contributed by atoms with E-state index in [4.69, 9.17) is 10.2 Å². The summed E-state index contributed by atoms with van der Waals surface area (Å²) in [6, 6.07) is 0.793. The number of aliphatic hydroxyl groups excluding tert-OH is 1. The second-order valence-electron chi connectivity index (χ2n) is 3.30. The summed E-state index contributed by atoms with van der Waals surface area (Å²) >= 11 is 0.536. The zero-order valence-electron chi connectivity index (χ0n) is 9.69. The zero-order valence-corrected chi connectivity index (χ0v) is 11.3. The first-order chi connectivity index (χ1) is 8.81. The first-order valence-electron chi connectivity index (χ1n) is 4.86. The van der Waals surface area contributed by atoms with Crippen molar-refractivity contribution in [3.63, 3.8) is 0 Å². The Hall–Kier alpha value is -1.49. The Bertz CT molecular complexity index is 577. The Morgan fingerprint density at radius 1 is 1.47 bits per heavy atom. The molecule has 0 bridgehead atoms. The van der Waals surface area contributed by atoms with Crippen LogP contribution in [-0.2, 0) is 19.6 Å². The van der Waals surface area contributed by atoms with E-state index in [0.29, 0.717) is 11.3 Å². The summed E-state index contributed by atoms with van der Waals surface area (Å²) in [6.45, 7) is -0.775. The van der Waals surface area contributed by atoms with Crippen LogP contribution in [0.5, 0.6) is 0 Å². The van der Waals surface area contributed by atoms with Gasteiger partial charge in [0.1, 0.15) is 15.1 Å². The fraction of sp³-hybridized carbons (Fsp3) is 0.333. The summed E-state index contributed by atoms with van der Waals surface area (Å²) in [5.74, 6) is -2.20. The summed E-state index contributed by atoms with van der Waals surface area (Å²) < 4.78 is 29.7. The average molecular weight is 309 g/mol. The third-order valence-corrected chi connectivity index (χ3v) is 5.06. The minimum absolute atomic E-state index is 0.154. The molecule has 1 aromatic rings. The molecule has 8 nitrogen and oxygen atoms in total. The molecule has 106 valence electrons. The molecule has 19 heavy (non-hydrogen) atoms. The van der Waals surface area contributed by atoms with Crippen LogP contribution in [0.2, 0.25) is 0 Å². The van der Waals surface area contributed by atoms with E-state index in [0.717, 1.165) is 19.2 Å². The largest absolute Gasteiger partial charge is 0.477 e. The van der Waals surface area contributed by atoms with Gasteiger partial charge in [-0.25, -0.2) is 13.2 Å². The Labute approximate surface area is 112 Å². The lowest BCUT2D eigenvalue weighted by Gasteiger charge is -2.12. The smallest absolute Gasteiger partial charge is 0.345 e. The van der Waals surface area contributed by atoms with E-state index in [1.54, 1.807) is 0 Å². The van der Waals surface area contributed by atoms with Crippen molar-refractivity contribution in [1.29, 1.82) is 0 Å². The molecule has 0 saturated carbocycles. The van der Waals surface area contributed by atoms with Crippen LogP contribution in [0.25, 0.3) is 0 Å². The topological polar surface area (TPSA) is 130 Å². The number of nitrogens with one attached hydrogen (secondary N) is 1. The van der Waals surface area contributed by atoms with Crippen LogP contribution in [0, 0.1) is 0 Å². The molecule has 1 rings (SSSR count). The Balaban J connectivity index is 2.96. The van der Waals surface area contributed by atoms with Crippen molar-refractivity contribution in [2.75, 3.05) is 13.7 Å². The monoisotopic (exact) mass is 309 g/mol. The molecule has 0 radical (unpaired) electrons. The number of esters is 1.